The van der Waals surface area contributed by atoms with Crippen molar-refractivity contribution in [3.8, 4) is 0 Å². The van der Waals surface area contributed by atoms with E-state index in [0.29, 0.717) is 19.8 Å². The lowest BCUT2D eigenvalue weighted by molar-refractivity contribution is -0.157. The molecule has 0 aromatic rings. The van der Waals surface area contributed by atoms with Crippen molar-refractivity contribution in [1.82, 2.24) is 0 Å². The van der Waals surface area contributed by atoms with E-state index in [-0.39, 0.29) is 23.7 Å². The van der Waals surface area contributed by atoms with Gasteiger partial charge in [-0.15, -0.1) is 11.6 Å². The normalized spacial score (nSPS) is 31.1. The van der Waals surface area contributed by atoms with Crippen LogP contribution in [-0.4, -0.2) is 57.7 Å². The SMILES string of the molecule is COCCOC1C(Cl)CC1OC(C)COC. The fourth-order valence-corrected chi connectivity index (χ4v) is 2.12. The van der Waals surface area contributed by atoms with Crippen LogP contribution in [0.25, 0.3) is 0 Å². The van der Waals surface area contributed by atoms with Crippen molar-refractivity contribution in [1.29, 1.82) is 0 Å². The summed E-state index contributed by atoms with van der Waals surface area (Å²) in [6.07, 6.45) is 0.987. The number of ether oxygens (including phenoxy) is 4. The van der Waals surface area contributed by atoms with Crippen LogP contribution in [-0.2, 0) is 18.9 Å². The van der Waals surface area contributed by atoms with Crippen LogP contribution >= 0.6 is 11.6 Å². The Balaban J connectivity index is 2.21. The van der Waals surface area contributed by atoms with Gasteiger partial charge in [0.2, 0.25) is 0 Å². The average molecular weight is 253 g/mol. The monoisotopic (exact) mass is 252 g/mol. The molecule has 4 atom stereocenters. The molecule has 0 N–H and O–H groups in total. The Bertz CT molecular complexity index is 191. The molecule has 0 radical (unpaired) electrons. The summed E-state index contributed by atoms with van der Waals surface area (Å²) in [6.45, 7) is 3.72. The third-order valence-corrected chi connectivity index (χ3v) is 3.01. The topological polar surface area (TPSA) is 36.9 Å². The summed E-state index contributed by atoms with van der Waals surface area (Å²) in [4.78, 5) is 0. The summed E-state index contributed by atoms with van der Waals surface area (Å²) in [6, 6.07) is 0. The second-order valence-electron chi connectivity index (χ2n) is 4.02. The largest absolute Gasteiger partial charge is 0.382 e. The van der Waals surface area contributed by atoms with E-state index in [4.69, 9.17) is 30.5 Å². The highest BCUT2D eigenvalue weighted by Gasteiger charge is 2.42. The zero-order chi connectivity index (χ0) is 12.0. The van der Waals surface area contributed by atoms with E-state index in [9.17, 15) is 0 Å². The maximum Gasteiger partial charge on any atom is 0.100 e. The van der Waals surface area contributed by atoms with E-state index in [2.05, 4.69) is 0 Å². The maximum atomic E-state index is 6.07. The van der Waals surface area contributed by atoms with E-state index in [0.717, 1.165) is 6.42 Å². The van der Waals surface area contributed by atoms with E-state index >= 15 is 0 Å². The lowest BCUT2D eigenvalue weighted by atomic mass is 9.90. The van der Waals surface area contributed by atoms with Gasteiger partial charge in [0.05, 0.1) is 37.4 Å². The van der Waals surface area contributed by atoms with Gasteiger partial charge in [0.25, 0.3) is 0 Å². The van der Waals surface area contributed by atoms with Gasteiger partial charge < -0.3 is 18.9 Å². The van der Waals surface area contributed by atoms with E-state index in [1.807, 2.05) is 6.92 Å². The van der Waals surface area contributed by atoms with Crippen LogP contribution in [0.3, 0.4) is 0 Å². The molecular formula is C11H21ClO4. The Morgan fingerprint density at radius 3 is 2.56 bits per heavy atom. The van der Waals surface area contributed by atoms with Gasteiger partial charge >= 0.3 is 0 Å². The Morgan fingerprint density at radius 1 is 1.25 bits per heavy atom. The van der Waals surface area contributed by atoms with Crippen LogP contribution in [0, 0.1) is 0 Å². The Hall–Kier alpha value is 0.130. The molecule has 1 aliphatic carbocycles. The average Bonchev–Trinajstić information content (AvgIpc) is 2.24. The van der Waals surface area contributed by atoms with E-state index < -0.39 is 0 Å². The third-order valence-electron chi connectivity index (χ3n) is 2.59. The molecule has 4 nitrogen and oxygen atoms in total. The molecule has 0 aromatic carbocycles. The van der Waals surface area contributed by atoms with E-state index in [1.54, 1.807) is 14.2 Å². The molecule has 0 spiro atoms. The number of halogens is 1. The standard InChI is InChI=1S/C11H21ClO4/c1-8(7-14-3)16-10-6-9(12)11(10)15-5-4-13-2/h8-11H,4-7H2,1-3H3. The molecule has 0 aromatic heterocycles. The van der Waals surface area contributed by atoms with Crippen LogP contribution in [0.1, 0.15) is 13.3 Å². The molecule has 5 heteroatoms. The summed E-state index contributed by atoms with van der Waals surface area (Å²) in [5.74, 6) is 0. The van der Waals surface area contributed by atoms with Gasteiger partial charge in [-0.2, -0.15) is 0 Å². The third kappa shape index (κ3) is 4.18. The van der Waals surface area contributed by atoms with Crippen molar-refractivity contribution >= 4 is 11.6 Å². The molecule has 4 unspecified atom stereocenters. The van der Waals surface area contributed by atoms with Crippen molar-refractivity contribution in [3.05, 3.63) is 0 Å². The van der Waals surface area contributed by atoms with Gasteiger partial charge in [-0.05, 0) is 13.3 Å². The number of hydrogen-bond acceptors (Lipinski definition) is 4. The number of rotatable bonds is 8. The summed E-state index contributed by atoms with van der Waals surface area (Å²) in [7, 11) is 3.31. The number of alkyl halides is 1. The predicted molar refractivity (Wildman–Crippen MR) is 62.1 cm³/mol. The summed E-state index contributed by atoms with van der Waals surface area (Å²) < 4.78 is 21.3. The van der Waals surface area contributed by atoms with Gasteiger partial charge in [-0.3, -0.25) is 0 Å². The van der Waals surface area contributed by atoms with Crippen LogP contribution in [0.2, 0.25) is 0 Å². The molecule has 0 aliphatic heterocycles. The summed E-state index contributed by atoms with van der Waals surface area (Å²) in [5.41, 5.74) is 0. The van der Waals surface area contributed by atoms with Gasteiger partial charge in [0, 0.05) is 14.2 Å². The smallest absolute Gasteiger partial charge is 0.100 e. The molecule has 0 bridgehead atoms. The van der Waals surface area contributed by atoms with Gasteiger partial charge in [-0.25, -0.2) is 0 Å². The molecule has 0 heterocycles. The van der Waals surface area contributed by atoms with Crippen molar-refractivity contribution < 1.29 is 18.9 Å². The zero-order valence-electron chi connectivity index (χ0n) is 10.1. The molecule has 1 fully saturated rings. The minimum Gasteiger partial charge on any atom is -0.382 e. The molecule has 16 heavy (non-hydrogen) atoms. The molecule has 1 saturated carbocycles. The predicted octanol–water partition coefficient (Wildman–Crippen LogP) is 1.45. The van der Waals surface area contributed by atoms with Crippen molar-refractivity contribution in [3.63, 3.8) is 0 Å². The maximum absolute atomic E-state index is 6.07. The van der Waals surface area contributed by atoms with Gasteiger partial charge in [0.1, 0.15) is 6.10 Å². The van der Waals surface area contributed by atoms with Gasteiger partial charge in [0.15, 0.2) is 0 Å². The van der Waals surface area contributed by atoms with Crippen LogP contribution in [0.4, 0.5) is 0 Å². The first-order chi connectivity index (χ1) is 7.69. The number of hydrogen-bond donors (Lipinski definition) is 0. The van der Waals surface area contributed by atoms with E-state index in [1.165, 1.54) is 0 Å². The first kappa shape index (κ1) is 14.2. The lowest BCUT2D eigenvalue weighted by Gasteiger charge is -2.41. The van der Waals surface area contributed by atoms with Crippen molar-refractivity contribution in [2.45, 2.75) is 37.0 Å². The Kier molecular flexibility index (Phi) is 6.61. The number of methoxy groups -OCH3 is 2. The Labute approximate surface area is 102 Å². The molecule has 1 aliphatic rings. The van der Waals surface area contributed by atoms with Crippen molar-refractivity contribution in [2.75, 3.05) is 34.0 Å². The molecule has 96 valence electrons. The van der Waals surface area contributed by atoms with Crippen LogP contribution in [0.15, 0.2) is 0 Å². The molecular weight excluding hydrogens is 232 g/mol. The first-order valence-corrected chi connectivity index (χ1v) is 6.01. The van der Waals surface area contributed by atoms with Crippen LogP contribution < -0.4 is 0 Å². The second-order valence-corrected chi connectivity index (χ2v) is 4.58. The Morgan fingerprint density at radius 2 is 2.00 bits per heavy atom. The summed E-state index contributed by atoms with van der Waals surface area (Å²) in [5, 5.41) is 0.0524. The molecule has 0 amide bonds. The fraction of sp³-hybridized carbons (Fsp3) is 1.00. The van der Waals surface area contributed by atoms with Crippen LogP contribution in [0.5, 0.6) is 0 Å². The van der Waals surface area contributed by atoms with Gasteiger partial charge in [-0.1, -0.05) is 0 Å². The summed E-state index contributed by atoms with van der Waals surface area (Å²) >= 11 is 6.07. The highest BCUT2D eigenvalue weighted by atomic mass is 35.5. The quantitative estimate of drug-likeness (QED) is 0.484. The lowest BCUT2D eigenvalue weighted by Crippen LogP contribution is -2.52. The van der Waals surface area contributed by atoms with Crippen molar-refractivity contribution in [2.24, 2.45) is 0 Å². The minimum atomic E-state index is -0.0175. The molecule has 0 saturated heterocycles. The highest BCUT2D eigenvalue weighted by Crippen LogP contribution is 2.32. The minimum absolute atomic E-state index is 0.0175. The molecule has 1 rings (SSSR count). The second kappa shape index (κ2) is 7.45. The fourth-order valence-electron chi connectivity index (χ4n) is 1.71. The zero-order valence-corrected chi connectivity index (χ0v) is 10.9. The first-order valence-electron chi connectivity index (χ1n) is 5.58. The highest BCUT2D eigenvalue weighted by molar-refractivity contribution is 6.21.